The van der Waals surface area contributed by atoms with Crippen molar-refractivity contribution in [2.75, 3.05) is 98.1 Å². The second-order valence-electron chi connectivity index (χ2n) is 8.85. The van der Waals surface area contributed by atoms with Gasteiger partial charge in [-0.15, -0.1) is 0 Å². The van der Waals surface area contributed by atoms with Gasteiger partial charge in [0.05, 0.1) is 91.4 Å². The molecule has 3 amide bonds. The highest BCUT2D eigenvalue weighted by Crippen LogP contribution is 2.33. The number of nitrogens with zero attached hydrogens (tertiary/aromatic N) is 3. The smallest absolute Gasteiger partial charge is 0.315 e. The zero-order valence-corrected chi connectivity index (χ0v) is 23.5. The number of ether oxygens (including phenoxy) is 6. The molecule has 2 aliphatic rings. The molecular weight excluding hydrogens is 532 g/mol. The molecule has 15 heteroatoms. The Morgan fingerprint density at radius 2 is 1.44 bits per heavy atom. The predicted molar refractivity (Wildman–Crippen MR) is 146 cm³/mol. The Labute approximate surface area is 234 Å². The number of fused-ring (bicyclic) bond motifs is 1. The maximum atomic E-state index is 12.0. The molecule has 0 radical (unpaired) electrons. The van der Waals surface area contributed by atoms with Crippen molar-refractivity contribution in [1.82, 2.24) is 16.0 Å². The maximum Gasteiger partial charge on any atom is 0.315 e. The van der Waals surface area contributed by atoms with E-state index in [0.717, 1.165) is 25.0 Å². The van der Waals surface area contributed by atoms with E-state index in [1.165, 1.54) is 0 Å². The number of unbranched alkanes of at least 4 members (excludes halogenated alkanes) is 1. The first kappa shape index (κ1) is 33.4. The van der Waals surface area contributed by atoms with Gasteiger partial charge in [-0.25, -0.2) is 4.79 Å². The molecule has 224 valence electrons. The van der Waals surface area contributed by atoms with Crippen LogP contribution in [0.2, 0.25) is 0 Å². The maximum absolute atomic E-state index is 12.0. The van der Waals surface area contributed by atoms with Crippen LogP contribution in [0.1, 0.15) is 25.7 Å². The molecule has 2 aliphatic heterocycles. The highest BCUT2D eigenvalue weighted by Gasteiger charge is 2.42. The van der Waals surface area contributed by atoms with Crippen molar-refractivity contribution in [3.63, 3.8) is 0 Å². The van der Waals surface area contributed by atoms with Crippen molar-refractivity contribution in [2.24, 2.45) is 5.11 Å². The summed E-state index contributed by atoms with van der Waals surface area (Å²) in [6.07, 6.45) is 3.34. The van der Waals surface area contributed by atoms with Crippen LogP contribution in [0.25, 0.3) is 10.4 Å². The number of rotatable bonds is 26. The van der Waals surface area contributed by atoms with E-state index in [1.807, 2.05) is 11.8 Å². The fourth-order valence-corrected chi connectivity index (χ4v) is 5.52. The number of azide groups is 1. The third-order valence-corrected chi connectivity index (χ3v) is 7.42. The third kappa shape index (κ3) is 16.8. The molecule has 0 spiro atoms. The number of carbonyl (C=O) groups is 2. The summed E-state index contributed by atoms with van der Waals surface area (Å²) in [5, 5.41) is 12.6. The Morgan fingerprint density at radius 3 is 2.03 bits per heavy atom. The summed E-state index contributed by atoms with van der Waals surface area (Å²) in [5.41, 5.74) is 8.12. The molecule has 14 nitrogen and oxygen atoms in total. The van der Waals surface area contributed by atoms with Crippen molar-refractivity contribution < 1.29 is 38.0 Å². The Bertz CT molecular complexity index is 718. The lowest BCUT2D eigenvalue weighted by Gasteiger charge is -2.16. The molecular formula is C24H44N6O8S. The van der Waals surface area contributed by atoms with Crippen molar-refractivity contribution in [2.45, 2.75) is 43.0 Å². The minimum Gasteiger partial charge on any atom is -0.379 e. The van der Waals surface area contributed by atoms with Crippen LogP contribution in [0.15, 0.2) is 5.11 Å². The molecule has 0 aliphatic carbocycles. The SMILES string of the molecule is [N-]=[N+]=NCCOCCOCCOCCOCCOCCOCCNC(=O)CCCC[C@@H]1SC[C@@H]2NC(=O)N[C@@H]21. The van der Waals surface area contributed by atoms with Crippen LogP contribution in [0, 0.1) is 0 Å². The second kappa shape index (κ2) is 22.9. The quantitative estimate of drug-likeness (QED) is 0.0450. The molecule has 0 aromatic rings. The number of amides is 3. The van der Waals surface area contributed by atoms with Crippen LogP contribution in [0.4, 0.5) is 4.79 Å². The fourth-order valence-electron chi connectivity index (χ4n) is 3.98. The molecule has 2 fully saturated rings. The molecule has 2 rings (SSSR count). The number of hydrogen-bond acceptors (Lipinski definition) is 10. The number of carbonyl (C=O) groups excluding carboxylic acids is 2. The summed E-state index contributed by atoms with van der Waals surface area (Å²) in [7, 11) is 0. The van der Waals surface area contributed by atoms with Gasteiger partial charge in [-0.2, -0.15) is 11.8 Å². The molecule has 3 N–H and O–H groups in total. The average Bonchev–Trinajstić information content (AvgIpc) is 3.48. The fraction of sp³-hybridized carbons (Fsp3) is 0.917. The van der Waals surface area contributed by atoms with Crippen molar-refractivity contribution in [3.05, 3.63) is 10.4 Å². The molecule has 0 aromatic carbocycles. The number of nitrogens with one attached hydrogen (secondary N) is 3. The summed E-state index contributed by atoms with van der Waals surface area (Å²) in [6.45, 7) is 6.40. The summed E-state index contributed by atoms with van der Waals surface area (Å²) in [6, 6.07) is 0.414. The van der Waals surface area contributed by atoms with E-state index in [1.54, 1.807) is 0 Å². The van der Waals surface area contributed by atoms with Crippen molar-refractivity contribution >= 4 is 23.7 Å². The van der Waals surface area contributed by atoms with Gasteiger partial charge >= 0.3 is 6.03 Å². The second-order valence-corrected chi connectivity index (χ2v) is 10.1. The van der Waals surface area contributed by atoms with Crippen LogP contribution in [0.5, 0.6) is 0 Å². The summed E-state index contributed by atoms with van der Waals surface area (Å²) < 4.78 is 32.3. The molecule has 2 saturated heterocycles. The lowest BCUT2D eigenvalue weighted by molar-refractivity contribution is -0.121. The van der Waals surface area contributed by atoms with E-state index < -0.39 is 0 Å². The zero-order chi connectivity index (χ0) is 27.8. The van der Waals surface area contributed by atoms with E-state index in [4.69, 9.17) is 34.0 Å². The summed E-state index contributed by atoms with van der Waals surface area (Å²) in [4.78, 5) is 26.0. The molecule has 0 unspecified atom stereocenters. The van der Waals surface area contributed by atoms with E-state index >= 15 is 0 Å². The normalized spacial score (nSPS) is 19.8. The number of thioether (sulfide) groups is 1. The number of hydrogen-bond donors (Lipinski definition) is 3. The van der Waals surface area contributed by atoms with Gasteiger partial charge < -0.3 is 44.4 Å². The third-order valence-electron chi connectivity index (χ3n) is 5.91. The Balaban J connectivity index is 1.22. The standard InChI is InChI=1S/C24H44N6O8S/c25-30-27-6-8-34-10-12-36-14-16-38-18-17-37-15-13-35-11-9-33-7-5-26-22(31)4-2-1-3-21-23-20(19-39-21)28-24(32)29-23/h20-21,23H,1-19H2,(H,26,31)(H2,28,29,32)/t20-,21-,23-/m0/s1. The molecule has 39 heavy (non-hydrogen) atoms. The molecule has 0 saturated carbocycles. The topological polar surface area (TPSA) is 174 Å². The Kier molecular flexibility index (Phi) is 19.6. The van der Waals surface area contributed by atoms with Crippen molar-refractivity contribution in [3.8, 4) is 0 Å². The summed E-state index contributed by atoms with van der Waals surface area (Å²) in [5.74, 6) is 1.00. The lowest BCUT2D eigenvalue weighted by Crippen LogP contribution is -2.36. The van der Waals surface area contributed by atoms with Gasteiger partial charge in [-0.1, -0.05) is 11.5 Å². The van der Waals surface area contributed by atoms with Gasteiger partial charge in [-0.3, -0.25) is 4.79 Å². The zero-order valence-electron chi connectivity index (χ0n) is 22.7. The van der Waals surface area contributed by atoms with Crippen LogP contribution in [-0.2, 0) is 33.2 Å². The van der Waals surface area contributed by atoms with E-state index in [0.29, 0.717) is 104 Å². The first-order chi connectivity index (χ1) is 19.2. The van der Waals surface area contributed by atoms with Crippen LogP contribution < -0.4 is 16.0 Å². The van der Waals surface area contributed by atoms with E-state index in [-0.39, 0.29) is 24.0 Å². The van der Waals surface area contributed by atoms with Gasteiger partial charge in [0, 0.05) is 35.4 Å². The summed E-state index contributed by atoms with van der Waals surface area (Å²) >= 11 is 1.90. The first-order valence-electron chi connectivity index (χ1n) is 13.6. The van der Waals surface area contributed by atoms with Gasteiger partial charge in [0.2, 0.25) is 5.91 Å². The van der Waals surface area contributed by atoms with Gasteiger partial charge in [0.15, 0.2) is 0 Å². The molecule has 0 aromatic heterocycles. The first-order valence-corrected chi connectivity index (χ1v) is 14.7. The molecule has 0 bridgehead atoms. The van der Waals surface area contributed by atoms with E-state index in [2.05, 4.69) is 26.0 Å². The van der Waals surface area contributed by atoms with Gasteiger partial charge in [-0.05, 0) is 18.4 Å². The van der Waals surface area contributed by atoms with Gasteiger partial charge in [0.25, 0.3) is 0 Å². The predicted octanol–water partition coefficient (Wildman–Crippen LogP) is 1.24. The minimum absolute atomic E-state index is 0.0428. The van der Waals surface area contributed by atoms with E-state index in [9.17, 15) is 9.59 Å². The molecule has 2 heterocycles. The Hall–Kier alpha value is -1.84. The number of urea groups is 1. The highest BCUT2D eigenvalue weighted by atomic mass is 32.2. The van der Waals surface area contributed by atoms with Crippen molar-refractivity contribution in [1.29, 1.82) is 0 Å². The van der Waals surface area contributed by atoms with Crippen LogP contribution >= 0.6 is 11.8 Å². The lowest BCUT2D eigenvalue weighted by atomic mass is 10.0. The highest BCUT2D eigenvalue weighted by molar-refractivity contribution is 8.00. The van der Waals surface area contributed by atoms with Crippen LogP contribution in [0.3, 0.4) is 0 Å². The largest absolute Gasteiger partial charge is 0.379 e. The Morgan fingerprint density at radius 1 is 0.872 bits per heavy atom. The van der Waals surface area contributed by atoms with Gasteiger partial charge in [0.1, 0.15) is 0 Å². The molecule has 3 atom stereocenters. The van der Waals surface area contributed by atoms with Crippen LogP contribution in [-0.4, -0.2) is 127 Å². The monoisotopic (exact) mass is 576 g/mol. The minimum atomic E-state index is -0.0604. The average molecular weight is 577 g/mol.